The number of aliphatic hydroxyl groups is 1. The normalized spacial score (nSPS) is 26.4. The summed E-state index contributed by atoms with van der Waals surface area (Å²) in [5, 5.41) is 12.2. The second-order valence-corrected chi connectivity index (χ2v) is 7.27. The van der Waals surface area contributed by atoms with E-state index in [0.717, 1.165) is 38.8 Å². The number of unbranched alkanes of at least 4 members (excludes halogenated alkanes) is 1. The molecule has 3 atom stereocenters. The fourth-order valence-electron chi connectivity index (χ4n) is 3.93. The van der Waals surface area contributed by atoms with Crippen LogP contribution in [0.4, 0.5) is 0 Å². The average Bonchev–Trinajstić information content (AvgIpc) is 3.01. The van der Waals surface area contributed by atoms with Gasteiger partial charge in [0.05, 0.1) is 12.7 Å². The van der Waals surface area contributed by atoms with Crippen LogP contribution < -0.4 is 5.32 Å². The summed E-state index contributed by atoms with van der Waals surface area (Å²) in [6, 6.07) is 11.1. The summed E-state index contributed by atoms with van der Waals surface area (Å²) in [7, 11) is 0. The largest absolute Gasteiger partial charge is 0.396 e. The van der Waals surface area contributed by atoms with Crippen LogP contribution >= 0.6 is 0 Å². The maximum Gasteiger partial charge on any atom is 0.220 e. The molecule has 2 N–H and O–H groups in total. The van der Waals surface area contributed by atoms with Crippen molar-refractivity contribution in [3.8, 4) is 0 Å². The van der Waals surface area contributed by atoms with Gasteiger partial charge in [-0.1, -0.05) is 30.3 Å². The number of nitrogens with one attached hydrogen (secondary N) is 1. The zero-order valence-electron chi connectivity index (χ0n) is 14.9. The Kier molecular flexibility index (Phi) is 6.84. The molecule has 1 aromatic carbocycles. The third kappa shape index (κ3) is 5.53. The van der Waals surface area contributed by atoms with Crippen LogP contribution in [0, 0.1) is 0 Å². The molecule has 2 aliphatic heterocycles. The first-order valence-electron chi connectivity index (χ1n) is 9.54. The van der Waals surface area contributed by atoms with Gasteiger partial charge in [-0.25, -0.2) is 0 Å². The Bertz CT molecular complexity index is 537. The predicted octanol–water partition coefficient (Wildman–Crippen LogP) is 1.74. The van der Waals surface area contributed by atoms with Gasteiger partial charge < -0.3 is 15.2 Å². The van der Waals surface area contributed by atoms with Crippen LogP contribution in [0.2, 0.25) is 0 Å². The molecule has 5 heteroatoms. The Balaban J connectivity index is 1.32. The Morgan fingerprint density at radius 2 is 2.08 bits per heavy atom. The van der Waals surface area contributed by atoms with E-state index in [4.69, 9.17) is 9.84 Å². The minimum Gasteiger partial charge on any atom is -0.396 e. The number of nitrogens with zero attached hydrogens (tertiary/aromatic N) is 1. The molecule has 0 unspecified atom stereocenters. The summed E-state index contributed by atoms with van der Waals surface area (Å²) in [4.78, 5) is 14.6. The van der Waals surface area contributed by atoms with Gasteiger partial charge in [-0.3, -0.25) is 9.69 Å². The molecule has 2 aliphatic rings. The molecule has 0 saturated carbocycles. The van der Waals surface area contributed by atoms with Crippen molar-refractivity contribution in [1.82, 2.24) is 10.2 Å². The zero-order valence-corrected chi connectivity index (χ0v) is 14.9. The SMILES string of the molecule is O=C(CCCCc1ccccc1)N[C@H]1C[C@H]2CO[C@@H](CCO)CN2C1. The highest BCUT2D eigenvalue weighted by atomic mass is 16.5. The van der Waals surface area contributed by atoms with Crippen molar-refractivity contribution in [3.05, 3.63) is 35.9 Å². The number of morpholine rings is 1. The lowest BCUT2D eigenvalue weighted by Crippen LogP contribution is -2.46. The number of carbonyl (C=O) groups is 1. The number of hydrogen-bond donors (Lipinski definition) is 2. The van der Waals surface area contributed by atoms with Crippen molar-refractivity contribution in [2.75, 3.05) is 26.3 Å². The summed E-state index contributed by atoms with van der Waals surface area (Å²) in [6.07, 6.45) is 5.43. The van der Waals surface area contributed by atoms with E-state index in [1.807, 2.05) is 6.07 Å². The van der Waals surface area contributed by atoms with Crippen LogP contribution in [-0.4, -0.2) is 60.4 Å². The van der Waals surface area contributed by atoms with Gasteiger partial charge in [0.2, 0.25) is 5.91 Å². The Hall–Kier alpha value is -1.43. The molecular weight excluding hydrogens is 316 g/mol. The number of amides is 1. The van der Waals surface area contributed by atoms with Crippen molar-refractivity contribution >= 4 is 5.91 Å². The second-order valence-electron chi connectivity index (χ2n) is 7.27. The number of aliphatic hydroxyl groups excluding tert-OH is 1. The van der Waals surface area contributed by atoms with Crippen LogP contribution in [0.25, 0.3) is 0 Å². The van der Waals surface area contributed by atoms with Gasteiger partial charge in [0, 0.05) is 38.2 Å². The molecule has 3 rings (SSSR count). The summed E-state index contributed by atoms with van der Waals surface area (Å²) in [6.45, 7) is 2.67. The molecule has 0 aromatic heterocycles. The lowest BCUT2D eigenvalue weighted by molar-refractivity contribution is -0.121. The number of carbonyl (C=O) groups excluding carboxylic acids is 1. The van der Waals surface area contributed by atoms with E-state index in [1.165, 1.54) is 5.56 Å². The first-order valence-corrected chi connectivity index (χ1v) is 9.54. The van der Waals surface area contributed by atoms with Gasteiger partial charge in [-0.2, -0.15) is 0 Å². The second kappa shape index (κ2) is 9.32. The van der Waals surface area contributed by atoms with Crippen molar-refractivity contribution in [3.63, 3.8) is 0 Å². The number of fused-ring (bicyclic) bond motifs is 1. The molecule has 138 valence electrons. The number of rotatable bonds is 8. The van der Waals surface area contributed by atoms with Crippen LogP contribution in [0.3, 0.4) is 0 Å². The molecule has 2 heterocycles. The zero-order chi connectivity index (χ0) is 17.5. The Morgan fingerprint density at radius 3 is 2.88 bits per heavy atom. The third-order valence-electron chi connectivity index (χ3n) is 5.27. The minimum absolute atomic E-state index is 0.133. The molecule has 1 aromatic rings. The Labute approximate surface area is 150 Å². The predicted molar refractivity (Wildman–Crippen MR) is 97.3 cm³/mol. The maximum absolute atomic E-state index is 12.2. The monoisotopic (exact) mass is 346 g/mol. The summed E-state index contributed by atoms with van der Waals surface area (Å²) in [5.41, 5.74) is 1.34. The Morgan fingerprint density at radius 1 is 1.24 bits per heavy atom. The topological polar surface area (TPSA) is 61.8 Å². The molecule has 1 amide bonds. The van der Waals surface area contributed by atoms with E-state index in [0.29, 0.717) is 25.5 Å². The number of ether oxygens (including phenoxy) is 1. The highest BCUT2D eigenvalue weighted by molar-refractivity contribution is 5.76. The fraction of sp³-hybridized carbons (Fsp3) is 0.650. The summed E-state index contributed by atoms with van der Waals surface area (Å²) in [5.74, 6) is 0.172. The number of hydrogen-bond acceptors (Lipinski definition) is 4. The first kappa shape index (κ1) is 18.4. The quantitative estimate of drug-likeness (QED) is 0.704. The smallest absolute Gasteiger partial charge is 0.220 e. The minimum atomic E-state index is 0.133. The van der Waals surface area contributed by atoms with Gasteiger partial charge in [-0.15, -0.1) is 0 Å². The lowest BCUT2D eigenvalue weighted by Gasteiger charge is -2.34. The summed E-state index contributed by atoms with van der Waals surface area (Å²) >= 11 is 0. The van der Waals surface area contributed by atoms with E-state index in [2.05, 4.69) is 34.5 Å². The van der Waals surface area contributed by atoms with E-state index >= 15 is 0 Å². The van der Waals surface area contributed by atoms with Crippen molar-refractivity contribution in [2.24, 2.45) is 0 Å². The van der Waals surface area contributed by atoms with E-state index in [1.54, 1.807) is 0 Å². The van der Waals surface area contributed by atoms with E-state index in [-0.39, 0.29) is 24.7 Å². The van der Waals surface area contributed by atoms with Crippen LogP contribution in [0.1, 0.15) is 37.7 Å². The van der Waals surface area contributed by atoms with Gasteiger partial charge in [-0.05, 0) is 37.7 Å². The fourth-order valence-corrected chi connectivity index (χ4v) is 3.93. The van der Waals surface area contributed by atoms with Crippen LogP contribution in [0.15, 0.2) is 30.3 Å². The average molecular weight is 346 g/mol. The van der Waals surface area contributed by atoms with Gasteiger partial charge >= 0.3 is 0 Å². The number of aryl methyl sites for hydroxylation is 1. The molecule has 0 radical (unpaired) electrons. The number of benzene rings is 1. The van der Waals surface area contributed by atoms with Crippen LogP contribution in [0.5, 0.6) is 0 Å². The highest BCUT2D eigenvalue weighted by Gasteiger charge is 2.37. The standard InChI is InChI=1S/C20H30N2O3/c23-11-10-19-14-22-13-17(12-18(22)15-25-19)21-20(24)9-5-4-8-16-6-2-1-3-7-16/h1-3,6-7,17-19,23H,4-5,8-15H2,(H,21,24)/t17-,18-,19-/m0/s1. The molecular formula is C20H30N2O3. The van der Waals surface area contributed by atoms with Gasteiger partial charge in [0.25, 0.3) is 0 Å². The molecule has 0 bridgehead atoms. The van der Waals surface area contributed by atoms with Crippen molar-refractivity contribution in [1.29, 1.82) is 0 Å². The van der Waals surface area contributed by atoms with Gasteiger partial charge in [0.1, 0.15) is 0 Å². The van der Waals surface area contributed by atoms with Crippen molar-refractivity contribution < 1.29 is 14.6 Å². The first-order chi connectivity index (χ1) is 12.2. The molecule has 25 heavy (non-hydrogen) atoms. The molecule has 0 aliphatic carbocycles. The molecule has 5 nitrogen and oxygen atoms in total. The maximum atomic E-state index is 12.2. The lowest BCUT2D eigenvalue weighted by atomic mass is 10.1. The van der Waals surface area contributed by atoms with Crippen molar-refractivity contribution in [2.45, 2.75) is 56.7 Å². The van der Waals surface area contributed by atoms with E-state index in [9.17, 15) is 4.79 Å². The molecule has 2 fully saturated rings. The van der Waals surface area contributed by atoms with E-state index < -0.39 is 0 Å². The summed E-state index contributed by atoms with van der Waals surface area (Å²) < 4.78 is 5.79. The third-order valence-corrected chi connectivity index (χ3v) is 5.27. The van der Waals surface area contributed by atoms with Crippen LogP contribution in [-0.2, 0) is 16.0 Å². The highest BCUT2D eigenvalue weighted by Crippen LogP contribution is 2.24. The molecule has 0 spiro atoms. The van der Waals surface area contributed by atoms with Gasteiger partial charge in [0.15, 0.2) is 0 Å². The molecule has 2 saturated heterocycles.